The van der Waals surface area contributed by atoms with E-state index in [9.17, 15) is 13.2 Å². The first-order valence-electron chi connectivity index (χ1n) is 14.1. The Hall–Kier alpha value is -2.45. The van der Waals surface area contributed by atoms with Crippen LogP contribution in [-0.4, -0.2) is 61.0 Å². The number of rotatable bonds is 9. The number of carbonyl (C=O) groups is 1. The molecule has 0 radical (unpaired) electrons. The Morgan fingerprint density at radius 2 is 1.71 bits per heavy atom. The lowest BCUT2D eigenvalue weighted by Gasteiger charge is -2.35. The van der Waals surface area contributed by atoms with E-state index in [1.54, 1.807) is 22.2 Å². The minimum Gasteiger partial charge on any atom is -0.368 e. The van der Waals surface area contributed by atoms with Gasteiger partial charge in [-0.3, -0.25) is 4.79 Å². The Labute approximate surface area is 227 Å². The predicted molar refractivity (Wildman–Crippen MR) is 151 cm³/mol. The highest BCUT2D eigenvalue weighted by Crippen LogP contribution is 2.31. The number of nitrogens with zero attached hydrogens (tertiary/aromatic N) is 3. The van der Waals surface area contributed by atoms with Gasteiger partial charge >= 0.3 is 0 Å². The van der Waals surface area contributed by atoms with Crippen LogP contribution in [0.3, 0.4) is 0 Å². The molecule has 2 saturated heterocycles. The highest BCUT2D eigenvalue weighted by Gasteiger charge is 2.37. The molecular weight excluding hydrogens is 501 g/mol. The standard InChI is InChI=1S/C30H42FN3O3S/c1-24-10-9-15-29(14-8-4-7-13-26-11-5-3-6-12-26)38(36,37)34(24)23-27-16-17-28(22-30(27)31)33-20-18-32(19-21-33)25(2)35/h3,5-6,11-12,16-17,22,24,29H,4,7-10,13-15,18-21,23H2,1-2H3. The molecule has 0 bridgehead atoms. The minimum atomic E-state index is -3.53. The van der Waals surface area contributed by atoms with Crippen LogP contribution in [0.4, 0.5) is 10.1 Å². The highest BCUT2D eigenvalue weighted by atomic mass is 32.2. The van der Waals surface area contributed by atoms with Gasteiger partial charge in [0, 0.05) is 56.9 Å². The van der Waals surface area contributed by atoms with Gasteiger partial charge in [-0.15, -0.1) is 0 Å². The van der Waals surface area contributed by atoms with E-state index in [0.717, 1.165) is 44.2 Å². The fourth-order valence-electron chi connectivity index (χ4n) is 5.75. The second-order valence-corrected chi connectivity index (χ2v) is 13.0. The van der Waals surface area contributed by atoms with Crippen molar-refractivity contribution < 1.29 is 17.6 Å². The van der Waals surface area contributed by atoms with Gasteiger partial charge in [-0.1, -0.05) is 55.7 Å². The van der Waals surface area contributed by atoms with Crippen molar-refractivity contribution in [2.24, 2.45) is 0 Å². The van der Waals surface area contributed by atoms with E-state index >= 15 is 4.39 Å². The predicted octanol–water partition coefficient (Wildman–Crippen LogP) is 5.37. The maximum atomic E-state index is 15.3. The van der Waals surface area contributed by atoms with Gasteiger partial charge in [-0.2, -0.15) is 4.31 Å². The SMILES string of the molecule is CC(=O)N1CCN(c2ccc(CN3C(C)CCCC(CCCCCc4ccccc4)S3(=O)=O)c(F)c2)CC1. The summed E-state index contributed by atoms with van der Waals surface area (Å²) in [5.41, 5.74) is 2.51. The zero-order valence-corrected chi connectivity index (χ0v) is 23.6. The number of anilines is 1. The first-order chi connectivity index (χ1) is 18.3. The molecule has 0 spiro atoms. The average Bonchev–Trinajstić information content (AvgIpc) is 3.01. The van der Waals surface area contributed by atoms with E-state index in [4.69, 9.17) is 0 Å². The molecule has 2 atom stereocenters. The number of carbonyl (C=O) groups excluding carboxylic acids is 1. The first kappa shape index (κ1) is 28.6. The first-order valence-corrected chi connectivity index (χ1v) is 15.6. The lowest BCUT2D eigenvalue weighted by atomic mass is 10.0. The number of amides is 1. The summed E-state index contributed by atoms with van der Waals surface area (Å²) in [6.07, 6.45) is 6.97. The summed E-state index contributed by atoms with van der Waals surface area (Å²) in [7, 11) is -3.53. The van der Waals surface area contributed by atoms with Crippen molar-refractivity contribution in [3.05, 3.63) is 65.5 Å². The molecule has 0 saturated carbocycles. The van der Waals surface area contributed by atoms with Gasteiger partial charge in [-0.05, 0) is 56.7 Å². The lowest BCUT2D eigenvalue weighted by Crippen LogP contribution is -2.48. The molecule has 4 rings (SSSR count). The van der Waals surface area contributed by atoms with Crippen molar-refractivity contribution in [3.8, 4) is 0 Å². The van der Waals surface area contributed by atoms with Gasteiger partial charge < -0.3 is 9.80 Å². The maximum absolute atomic E-state index is 15.3. The molecule has 1 amide bonds. The molecule has 0 aromatic heterocycles. The average molecular weight is 544 g/mol. The van der Waals surface area contributed by atoms with Crippen LogP contribution < -0.4 is 4.90 Å². The molecule has 2 heterocycles. The molecule has 2 aliphatic rings. The monoisotopic (exact) mass is 543 g/mol. The Bertz CT molecular complexity index is 1170. The topological polar surface area (TPSA) is 60.9 Å². The van der Waals surface area contributed by atoms with E-state index in [-0.39, 0.29) is 24.3 Å². The molecular formula is C30H42FN3O3S. The Morgan fingerprint density at radius 1 is 0.974 bits per heavy atom. The number of hydrogen-bond donors (Lipinski definition) is 0. The Balaban J connectivity index is 1.36. The zero-order chi connectivity index (χ0) is 27.1. The van der Waals surface area contributed by atoms with Crippen LogP contribution >= 0.6 is 0 Å². The second-order valence-electron chi connectivity index (χ2n) is 10.8. The smallest absolute Gasteiger partial charge is 0.219 e. The largest absolute Gasteiger partial charge is 0.368 e. The number of benzene rings is 2. The van der Waals surface area contributed by atoms with Gasteiger partial charge in [-0.25, -0.2) is 12.8 Å². The normalized spacial score (nSPS) is 22.3. The van der Waals surface area contributed by atoms with Crippen LogP contribution in [0.5, 0.6) is 0 Å². The Morgan fingerprint density at radius 3 is 2.39 bits per heavy atom. The fraction of sp³-hybridized carbons (Fsp3) is 0.567. The van der Waals surface area contributed by atoms with E-state index in [1.807, 2.05) is 19.1 Å². The van der Waals surface area contributed by atoms with E-state index in [2.05, 4.69) is 29.2 Å². The van der Waals surface area contributed by atoms with E-state index in [0.29, 0.717) is 44.6 Å². The summed E-state index contributed by atoms with van der Waals surface area (Å²) in [4.78, 5) is 15.5. The zero-order valence-electron chi connectivity index (χ0n) is 22.8. The third-order valence-electron chi connectivity index (χ3n) is 8.18. The molecule has 38 heavy (non-hydrogen) atoms. The molecule has 6 nitrogen and oxygen atoms in total. The summed E-state index contributed by atoms with van der Waals surface area (Å²) in [5, 5.41) is -0.399. The molecule has 0 N–H and O–H groups in total. The number of aryl methyl sites for hydroxylation is 1. The lowest BCUT2D eigenvalue weighted by molar-refractivity contribution is -0.129. The van der Waals surface area contributed by atoms with Crippen LogP contribution in [0.1, 0.15) is 69.9 Å². The maximum Gasteiger partial charge on any atom is 0.219 e. The van der Waals surface area contributed by atoms with Crippen LogP contribution in [0.2, 0.25) is 0 Å². The number of sulfonamides is 1. The van der Waals surface area contributed by atoms with Crippen molar-refractivity contribution in [1.82, 2.24) is 9.21 Å². The third kappa shape index (κ3) is 7.14. The number of halogens is 1. The van der Waals surface area contributed by atoms with Crippen LogP contribution in [0, 0.1) is 5.82 Å². The summed E-state index contributed by atoms with van der Waals surface area (Å²) >= 11 is 0. The molecule has 0 aliphatic carbocycles. The van der Waals surface area contributed by atoms with Crippen molar-refractivity contribution in [2.45, 2.75) is 83.1 Å². The fourth-order valence-corrected chi connectivity index (χ4v) is 7.98. The van der Waals surface area contributed by atoms with Gasteiger partial charge in [0.05, 0.1) is 5.25 Å². The van der Waals surface area contributed by atoms with Crippen LogP contribution in [-0.2, 0) is 27.8 Å². The van der Waals surface area contributed by atoms with Gasteiger partial charge in [0.2, 0.25) is 15.9 Å². The van der Waals surface area contributed by atoms with Crippen molar-refractivity contribution in [2.75, 3.05) is 31.1 Å². The van der Waals surface area contributed by atoms with Gasteiger partial charge in [0.25, 0.3) is 0 Å². The van der Waals surface area contributed by atoms with Gasteiger partial charge in [0.15, 0.2) is 0 Å². The van der Waals surface area contributed by atoms with Gasteiger partial charge in [0.1, 0.15) is 5.82 Å². The summed E-state index contributed by atoms with van der Waals surface area (Å²) in [6.45, 7) is 6.13. The molecule has 2 aromatic rings. The minimum absolute atomic E-state index is 0.0597. The Kier molecular flexibility index (Phi) is 9.82. The quantitative estimate of drug-likeness (QED) is 0.399. The summed E-state index contributed by atoms with van der Waals surface area (Å²) < 4.78 is 44.2. The summed E-state index contributed by atoms with van der Waals surface area (Å²) in [5.74, 6) is -0.315. The van der Waals surface area contributed by atoms with E-state index in [1.165, 1.54) is 11.6 Å². The third-order valence-corrected chi connectivity index (χ3v) is 10.6. The highest BCUT2D eigenvalue weighted by molar-refractivity contribution is 7.89. The second kappa shape index (κ2) is 13.1. The number of unbranched alkanes of at least 4 members (excludes halogenated alkanes) is 2. The number of piperazine rings is 1. The molecule has 8 heteroatoms. The van der Waals surface area contributed by atoms with Crippen molar-refractivity contribution >= 4 is 21.6 Å². The van der Waals surface area contributed by atoms with Crippen molar-refractivity contribution in [3.63, 3.8) is 0 Å². The molecule has 2 unspecified atom stereocenters. The van der Waals surface area contributed by atoms with Crippen LogP contribution in [0.25, 0.3) is 0 Å². The van der Waals surface area contributed by atoms with Crippen molar-refractivity contribution in [1.29, 1.82) is 0 Å². The molecule has 2 aromatic carbocycles. The molecule has 208 valence electrons. The molecule has 2 aliphatic heterocycles. The molecule has 2 fully saturated rings. The summed E-state index contributed by atoms with van der Waals surface area (Å²) in [6, 6.07) is 15.4. The van der Waals surface area contributed by atoms with E-state index < -0.39 is 15.3 Å². The van der Waals surface area contributed by atoms with Crippen LogP contribution in [0.15, 0.2) is 48.5 Å². The number of hydrogen-bond acceptors (Lipinski definition) is 4.